The van der Waals surface area contributed by atoms with Crippen LogP contribution in [0.2, 0.25) is 0 Å². The smallest absolute Gasteiger partial charge is 0.374 e. The molecule has 2 aromatic rings. The summed E-state index contributed by atoms with van der Waals surface area (Å²) >= 11 is 0. The molecule has 0 atom stereocenters. The van der Waals surface area contributed by atoms with Gasteiger partial charge in [0.15, 0.2) is 0 Å². The van der Waals surface area contributed by atoms with E-state index in [9.17, 15) is 4.79 Å². The van der Waals surface area contributed by atoms with E-state index in [1.807, 2.05) is 12.1 Å². The van der Waals surface area contributed by atoms with Gasteiger partial charge in [0, 0.05) is 12.0 Å². The first-order valence-electron chi connectivity index (χ1n) is 5.67. The van der Waals surface area contributed by atoms with Crippen LogP contribution in [0.3, 0.4) is 0 Å². The van der Waals surface area contributed by atoms with Crippen LogP contribution in [0.25, 0.3) is 11.3 Å². The lowest BCUT2D eigenvalue weighted by atomic mass is 10.1. The first-order chi connectivity index (χ1) is 8.78. The van der Waals surface area contributed by atoms with Crippen LogP contribution in [0.15, 0.2) is 24.4 Å². The number of esters is 1. The van der Waals surface area contributed by atoms with E-state index in [4.69, 9.17) is 4.74 Å². The number of aromatic nitrogens is 2. The lowest BCUT2D eigenvalue weighted by Crippen LogP contribution is -2.03. The van der Waals surface area contributed by atoms with E-state index in [0.717, 1.165) is 30.0 Å². The van der Waals surface area contributed by atoms with Crippen molar-refractivity contribution in [3.63, 3.8) is 0 Å². The number of methoxy groups -OCH3 is 1. The molecule has 1 aromatic heterocycles. The number of hydrogen-bond donors (Lipinski definition) is 1. The lowest BCUT2D eigenvalue weighted by molar-refractivity contribution is 0.0588. The van der Waals surface area contributed by atoms with Gasteiger partial charge in [-0.15, -0.1) is 0 Å². The molecule has 2 heterocycles. The Balaban J connectivity index is 1.95. The summed E-state index contributed by atoms with van der Waals surface area (Å²) in [5.74, 6) is 0.682. The molecule has 18 heavy (non-hydrogen) atoms. The number of aromatic amines is 1. The summed E-state index contributed by atoms with van der Waals surface area (Å²) in [4.78, 5) is 18.2. The van der Waals surface area contributed by atoms with Crippen molar-refractivity contribution in [1.82, 2.24) is 9.97 Å². The molecule has 5 heteroatoms. The van der Waals surface area contributed by atoms with E-state index in [2.05, 4.69) is 20.8 Å². The second-order valence-corrected chi connectivity index (χ2v) is 4.06. The molecular formula is C13H12N2O3. The van der Waals surface area contributed by atoms with Gasteiger partial charge in [0.25, 0.3) is 0 Å². The maximum atomic E-state index is 11.3. The highest BCUT2D eigenvalue weighted by Crippen LogP contribution is 2.29. The molecule has 0 fully saturated rings. The minimum atomic E-state index is -0.467. The second-order valence-electron chi connectivity index (χ2n) is 4.06. The zero-order chi connectivity index (χ0) is 12.5. The third-order valence-electron chi connectivity index (χ3n) is 2.96. The first-order valence-corrected chi connectivity index (χ1v) is 5.67. The topological polar surface area (TPSA) is 64.2 Å². The maximum Gasteiger partial charge on any atom is 0.374 e. The van der Waals surface area contributed by atoms with Crippen molar-refractivity contribution in [3.05, 3.63) is 35.8 Å². The largest absolute Gasteiger partial charge is 0.493 e. The molecule has 0 aliphatic carbocycles. The molecule has 1 aliphatic heterocycles. The fourth-order valence-electron chi connectivity index (χ4n) is 2.02. The average molecular weight is 244 g/mol. The van der Waals surface area contributed by atoms with E-state index < -0.39 is 5.97 Å². The number of rotatable bonds is 2. The van der Waals surface area contributed by atoms with Crippen molar-refractivity contribution >= 4 is 5.97 Å². The number of benzene rings is 1. The van der Waals surface area contributed by atoms with Crippen LogP contribution in [-0.2, 0) is 11.2 Å². The minimum Gasteiger partial charge on any atom is -0.493 e. The highest BCUT2D eigenvalue weighted by molar-refractivity contribution is 5.86. The number of nitrogens with one attached hydrogen (secondary N) is 1. The molecule has 1 aliphatic rings. The summed E-state index contributed by atoms with van der Waals surface area (Å²) in [5, 5.41) is 0. The van der Waals surface area contributed by atoms with Gasteiger partial charge in [0.1, 0.15) is 5.75 Å². The van der Waals surface area contributed by atoms with E-state index in [1.54, 1.807) is 6.20 Å². The van der Waals surface area contributed by atoms with Crippen LogP contribution in [0.4, 0.5) is 0 Å². The quantitative estimate of drug-likeness (QED) is 0.818. The second kappa shape index (κ2) is 4.18. The molecule has 0 bridgehead atoms. The monoisotopic (exact) mass is 244 g/mol. The van der Waals surface area contributed by atoms with E-state index >= 15 is 0 Å². The molecule has 0 amide bonds. The van der Waals surface area contributed by atoms with E-state index in [-0.39, 0.29) is 5.82 Å². The van der Waals surface area contributed by atoms with E-state index in [1.165, 1.54) is 12.7 Å². The first kappa shape index (κ1) is 10.8. The van der Waals surface area contributed by atoms with Gasteiger partial charge in [0.05, 0.1) is 25.6 Å². The maximum absolute atomic E-state index is 11.3. The van der Waals surface area contributed by atoms with Crippen molar-refractivity contribution in [2.45, 2.75) is 6.42 Å². The normalized spacial score (nSPS) is 12.9. The SMILES string of the molecule is COC(=O)c1ncc(-c2ccc3c(c2)CCO3)[nH]1. The molecule has 0 saturated heterocycles. The Morgan fingerprint density at radius 1 is 1.50 bits per heavy atom. The Hall–Kier alpha value is -2.30. The Labute approximate surface area is 104 Å². The molecule has 5 nitrogen and oxygen atoms in total. The Morgan fingerprint density at radius 3 is 3.22 bits per heavy atom. The number of ether oxygens (including phenoxy) is 2. The number of carbonyl (C=O) groups is 1. The zero-order valence-corrected chi connectivity index (χ0v) is 9.90. The highest BCUT2D eigenvalue weighted by atomic mass is 16.5. The van der Waals surface area contributed by atoms with Crippen molar-refractivity contribution in [2.24, 2.45) is 0 Å². The summed E-state index contributed by atoms with van der Waals surface area (Å²) in [6.45, 7) is 0.731. The van der Waals surface area contributed by atoms with Gasteiger partial charge < -0.3 is 14.5 Å². The lowest BCUT2D eigenvalue weighted by Gasteiger charge is -2.01. The molecule has 0 radical (unpaired) electrons. The van der Waals surface area contributed by atoms with Crippen molar-refractivity contribution in [2.75, 3.05) is 13.7 Å². The van der Waals surface area contributed by atoms with Crippen LogP contribution >= 0.6 is 0 Å². The summed E-state index contributed by atoms with van der Waals surface area (Å²) in [7, 11) is 1.33. The Morgan fingerprint density at radius 2 is 2.39 bits per heavy atom. The highest BCUT2D eigenvalue weighted by Gasteiger charge is 2.15. The Kier molecular flexibility index (Phi) is 2.51. The molecule has 0 spiro atoms. The van der Waals surface area contributed by atoms with Gasteiger partial charge >= 0.3 is 5.97 Å². The van der Waals surface area contributed by atoms with Crippen LogP contribution in [0.1, 0.15) is 16.2 Å². The molecule has 3 rings (SSSR count). The fourth-order valence-corrected chi connectivity index (χ4v) is 2.02. The third kappa shape index (κ3) is 1.73. The van der Waals surface area contributed by atoms with Gasteiger partial charge in [-0.25, -0.2) is 9.78 Å². The molecule has 92 valence electrons. The van der Waals surface area contributed by atoms with Crippen LogP contribution in [0, 0.1) is 0 Å². The fraction of sp³-hybridized carbons (Fsp3) is 0.231. The molecule has 0 unspecified atom stereocenters. The third-order valence-corrected chi connectivity index (χ3v) is 2.96. The molecular weight excluding hydrogens is 232 g/mol. The number of fused-ring (bicyclic) bond motifs is 1. The standard InChI is InChI=1S/C13H12N2O3/c1-17-13(16)12-14-7-10(15-12)8-2-3-11-9(6-8)4-5-18-11/h2-3,6-7H,4-5H2,1H3,(H,14,15). The van der Waals surface area contributed by atoms with Gasteiger partial charge in [-0.2, -0.15) is 0 Å². The van der Waals surface area contributed by atoms with Crippen molar-refractivity contribution < 1.29 is 14.3 Å². The van der Waals surface area contributed by atoms with Gasteiger partial charge in [0.2, 0.25) is 5.82 Å². The summed E-state index contributed by atoms with van der Waals surface area (Å²) in [6, 6.07) is 5.94. The number of H-pyrrole nitrogens is 1. The van der Waals surface area contributed by atoms with Gasteiger partial charge in [-0.05, 0) is 23.8 Å². The number of hydrogen-bond acceptors (Lipinski definition) is 4. The van der Waals surface area contributed by atoms with Crippen LogP contribution < -0.4 is 4.74 Å². The zero-order valence-electron chi connectivity index (χ0n) is 9.90. The van der Waals surface area contributed by atoms with Crippen molar-refractivity contribution in [1.29, 1.82) is 0 Å². The van der Waals surface area contributed by atoms with Crippen LogP contribution in [0.5, 0.6) is 5.75 Å². The summed E-state index contributed by atoms with van der Waals surface area (Å²) < 4.78 is 10.1. The predicted octanol–water partition coefficient (Wildman–Crippen LogP) is 1.80. The summed E-state index contributed by atoms with van der Waals surface area (Å²) in [5.41, 5.74) is 2.97. The average Bonchev–Trinajstić information content (AvgIpc) is 3.05. The minimum absolute atomic E-state index is 0.212. The molecule has 0 saturated carbocycles. The molecule has 1 aromatic carbocycles. The van der Waals surface area contributed by atoms with Gasteiger partial charge in [-0.1, -0.05) is 0 Å². The number of nitrogens with zero attached hydrogens (tertiary/aromatic N) is 1. The Bertz CT molecular complexity index is 604. The van der Waals surface area contributed by atoms with Crippen molar-refractivity contribution in [3.8, 4) is 17.0 Å². The van der Waals surface area contributed by atoms with Gasteiger partial charge in [-0.3, -0.25) is 0 Å². The molecule has 1 N–H and O–H groups in total. The van der Waals surface area contributed by atoms with E-state index in [0.29, 0.717) is 0 Å². The number of imidazole rings is 1. The number of carbonyl (C=O) groups excluding carboxylic acids is 1. The van der Waals surface area contributed by atoms with Crippen LogP contribution in [-0.4, -0.2) is 29.7 Å². The summed E-state index contributed by atoms with van der Waals surface area (Å²) in [6.07, 6.45) is 2.55. The predicted molar refractivity (Wildman–Crippen MR) is 64.6 cm³/mol.